The van der Waals surface area contributed by atoms with Gasteiger partial charge in [-0.05, 0) is 20.8 Å². The highest BCUT2D eigenvalue weighted by Gasteiger charge is 1.35. The van der Waals surface area contributed by atoms with E-state index >= 15 is 0 Å². The van der Waals surface area contributed by atoms with Gasteiger partial charge >= 0.3 is 0 Å². The van der Waals surface area contributed by atoms with Gasteiger partial charge in [0.15, 0.2) is 0 Å². The van der Waals surface area contributed by atoms with E-state index in [1.807, 2.05) is 39.8 Å². The van der Waals surface area contributed by atoms with Gasteiger partial charge in [-0.2, -0.15) is 0 Å². The summed E-state index contributed by atoms with van der Waals surface area (Å²) >= 11 is 0. The van der Waals surface area contributed by atoms with Crippen molar-refractivity contribution in [3.63, 3.8) is 0 Å². The molecule has 0 aliphatic carbocycles. The molecule has 76 valence electrons. The highest BCUT2D eigenvalue weighted by molar-refractivity contribution is 5.44. The third kappa shape index (κ3) is 3960. The highest BCUT2D eigenvalue weighted by atomic mass is 16.1. The lowest BCUT2D eigenvalue weighted by Gasteiger charge is -1.49. The minimum Gasteiger partial charge on any atom is -0.304 e. The predicted molar refractivity (Wildman–Crippen MR) is 59.5 cm³/mol. The monoisotopic (exact) mass is 174 g/mol. The van der Waals surface area contributed by atoms with E-state index in [4.69, 9.17) is 4.79 Å². The van der Waals surface area contributed by atoms with Crippen LogP contribution in [0.1, 0.15) is 54.9 Å². The largest absolute Gasteiger partial charge is 0.304 e. The second kappa shape index (κ2) is 79.3. The molecule has 0 unspecified atom stereocenters. The average molecular weight is 174 g/mol. The number of hydrogen-bond acceptors (Lipinski definition) is 1. The lowest BCUT2D eigenvalue weighted by atomic mass is 10.6. The van der Waals surface area contributed by atoms with E-state index in [1.165, 1.54) is 13.3 Å². The number of allylic oxidation sites excluding steroid dienone is 2. The van der Waals surface area contributed by atoms with Crippen molar-refractivity contribution in [1.82, 2.24) is 0 Å². The van der Waals surface area contributed by atoms with Gasteiger partial charge in [-0.15, -0.1) is 0 Å². The molecule has 0 aliphatic heterocycles. The van der Waals surface area contributed by atoms with E-state index in [2.05, 4.69) is 13.8 Å². The van der Waals surface area contributed by atoms with Crippen molar-refractivity contribution in [2.75, 3.05) is 0 Å². The zero-order chi connectivity index (χ0) is 10.8. The molecule has 0 aliphatic rings. The fourth-order valence-corrected chi connectivity index (χ4v) is 0. The Morgan fingerprint density at radius 3 is 1.00 bits per heavy atom. The second-order valence-corrected chi connectivity index (χ2v) is 1.61. The van der Waals surface area contributed by atoms with Gasteiger partial charge in [0.1, 0.15) is 6.29 Å². The SMILES string of the molecule is CC.CC=CC.CC=O.CCC. The molecule has 0 aromatic heterocycles. The molecule has 0 radical (unpaired) electrons. The molecule has 12 heavy (non-hydrogen) atoms. The van der Waals surface area contributed by atoms with E-state index in [0.717, 1.165) is 6.29 Å². The van der Waals surface area contributed by atoms with Crippen LogP contribution in [0.5, 0.6) is 0 Å². The standard InChI is InChI=1S/C4H8.C3H8.C2H4O.C2H6/c1-3-4-2;1-3-2;1-2-3;1-2/h3-4H,1-2H3;3H2,1-2H3;2H,1H3;1-2H3. The van der Waals surface area contributed by atoms with Crippen LogP contribution in [0.15, 0.2) is 12.2 Å². The molecule has 0 spiro atoms. The van der Waals surface area contributed by atoms with Gasteiger partial charge in [0.25, 0.3) is 0 Å². The van der Waals surface area contributed by atoms with Gasteiger partial charge in [-0.25, -0.2) is 0 Å². The molecule has 0 saturated carbocycles. The van der Waals surface area contributed by atoms with Gasteiger partial charge < -0.3 is 4.79 Å². The first-order chi connectivity index (χ1) is 5.74. The maximum atomic E-state index is 8.81. The third-order valence-corrected chi connectivity index (χ3v) is 0.333. The van der Waals surface area contributed by atoms with Crippen LogP contribution in [0.2, 0.25) is 0 Å². The number of aldehydes is 1. The molecule has 0 bridgehead atoms. The molecule has 0 atom stereocenters. The van der Waals surface area contributed by atoms with Gasteiger partial charge in [-0.3, -0.25) is 0 Å². The Balaban J connectivity index is -0.0000000368. The van der Waals surface area contributed by atoms with Crippen LogP contribution in [0.4, 0.5) is 0 Å². The van der Waals surface area contributed by atoms with Gasteiger partial charge in [0.2, 0.25) is 0 Å². The predicted octanol–water partition coefficient (Wildman–Crippen LogP) is 4.23. The van der Waals surface area contributed by atoms with Crippen LogP contribution in [-0.2, 0) is 4.79 Å². The van der Waals surface area contributed by atoms with Crippen LogP contribution in [-0.4, -0.2) is 6.29 Å². The first-order valence-corrected chi connectivity index (χ1v) is 4.72. The zero-order valence-electron chi connectivity index (χ0n) is 9.85. The molecule has 0 N–H and O–H groups in total. The summed E-state index contributed by atoms with van der Waals surface area (Å²) in [6, 6.07) is 0. The van der Waals surface area contributed by atoms with Gasteiger partial charge in [0.05, 0.1) is 0 Å². The van der Waals surface area contributed by atoms with Gasteiger partial charge in [-0.1, -0.05) is 46.3 Å². The topological polar surface area (TPSA) is 17.1 Å². The maximum Gasteiger partial charge on any atom is 0.116 e. The number of carbonyl (C=O) groups excluding carboxylic acids is 1. The molecule has 1 heteroatoms. The Hall–Kier alpha value is -0.590. The van der Waals surface area contributed by atoms with Crippen LogP contribution in [0, 0.1) is 0 Å². The molecule has 0 aromatic rings. The highest BCUT2D eigenvalue weighted by Crippen LogP contribution is 1.57. The van der Waals surface area contributed by atoms with Crippen molar-refractivity contribution in [3.8, 4) is 0 Å². The van der Waals surface area contributed by atoms with Crippen molar-refractivity contribution in [2.24, 2.45) is 0 Å². The molecule has 0 amide bonds. The Kier molecular flexibility index (Phi) is 149. The van der Waals surface area contributed by atoms with E-state index in [9.17, 15) is 0 Å². The van der Waals surface area contributed by atoms with Crippen LogP contribution in [0.3, 0.4) is 0 Å². The van der Waals surface area contributed by atoms with Crippen molar-refractivity contribution in [2.45, 2.75) is 54.9 Å². The summed E-state index contributed by atoms with van der Waals surface area (Å²) in [5, 5.41) is 0. The maximum absolute atomic E-state index is 8.81. The Bertz CT molecular complexity index is 52.0. The molecule has 0 heterocycles. The molecular formula is C11H26O. The molecule has 0 fully saturated rings. The summed E-state index contributed by atoms with van der Waals surface area (Å²) in [5.74, 6) is 0. The minimum atomic E-state index is 0.750. The second-order valence-electron chi connectivity index (χ2n) is 1.61. The number of hydrogen-bond donors (Lipinski definition) is 0. The van der Waals surface area contributed by atoms with Crippen LogP contribution < -0.4 is 0 Å². The Morgan fingerprint density at radius 2 is 1.00 bits per heavy atom. The van der Waals surface area contributed by atoms with E-state index in [-0.39, 0.29) is 0 Å². The average Bonchev–Trinajstić information content (AvgIpc) is 2.10. The molecule has 0 saturated heterocycles. The normalized spacial score (nSPS) is 6.25. The number of rotatable bonds is 0. The van der Waals surface area contributed by atoms with Gasteiger partial charge in [0, 0.05) is 0 Å². The first-order valence-electron chi connectivity index (χ1n) is 4.72. The van der Waals surface area contributed by atoms with E-state index < -0.39 is 0 Å². The fourth-order valence-electron chi connectivity index (χ4n) is 0. The smallest absolute Gasteiger partial charge is 0.116 e. The minimum absolute atomic E-state index is 0.750. The summed E-state index contributed by atoms with van der Waals surface area (Å²) < 4.78 is 0. The number of carbonyl (C=O) groups is 1. The summed E-state index contributed by atoms with van der Waals surface area (Å²) in [6.07, 6.45) is 6.00. The molecule has 0 aromatic carbocycles. The van der Waals surface area contributed by atoms with Crippen molar-refractivity contribution in [3.05, 3.63) is 12.2 Å². The van der Waals surface area contributed by atoms with Crippen molar-refractivity contribution >= 4 is 6.29 Å². The van der Waals surface area contributed by atoms with Crippen molar-refractivity contribution in [1.29, 1.82) is 0 Å². The van der Waals surface area contributed by atoms with E-state index in [1.54, 1.807) is 0 Å². The summed E-state index contributed by atoms with van der Waals surface area (Å²) in [4.78, 5) is 8.81. The first kappa shape index (κ1) is 22.5. The quantitative estimate of drug-likeness (QED) is 0.397. The zero-order valence-corrected chi connectivity index (χ0v) is 9.85. The lowest BCUT2D eigenvalue weighted by Crippen LogP contribution is -1.36. The van der Waals surface area contributed by atoms with Crippen LogP contribution >= 0.6 is 0 Å². The Labute approximate surface area is 78.9 Å². The molecular weight excluding hydrogens is 148 g/mol. The van der Waals surface area contributed by atoms with Crippen LogP contribution in [0.25, 0.3) is 0 Å². The Morgan fingerprint density at radius 1 is 0.917 bits per heavy atom. The lowest BCUT2D eigenvalue weighted by molar-refractivity contribution is -0.106. The van der Waals surface area contributed by atoms with Crippen molar-refractivity contribution < 1.29 is 4.79 Å². The summed E-state index contributed by atoms with van der Waals surface area (Å²) in [7, 11) is 0. The third-order valence-electron chi connectivity index (χ3n) is 0.333. The molecule has 0 rings (SSSR count). The summed E-state index contributed by atoms with van der Waals surface area (Å²) in [6.45, 7) is 13.7. The molecule has 1 nitrogen and oxygen atoms in total. The van der Waals surface area contributed by atoms with E-state index in [0.29, 0.717) is 0 Å². The summed E-state index contributed by atoms with van der Waals surface area (Å²) in [5.41, 5.74) is 0. The fraction of sp³-hybridized carbons (Fsp3) is 0.727.